The molecule has 0 aliphatic carbocycles. The first-order chi connectivity index (χ1) is 17.2. The lowest BCUT2D eigenvalue weighted by atomic mass is 9.91. The second-order valence-corrected chi connectivity index (χ2v) is 8.88. The molecule has 36 heavy (non-hydrogen) atoms. The number of carbonyl (C=O) groups excluding carboxylic acids is 4. The van der Waals surface area contributed by atoms with Crippen LogP contribution in [0.25, 0.3) is 0 Å². The molecule has 2 atom stereocenters. The Hall–Kier alpha value is -2.32. The van der Waals surface area contributed by atoms with Crippen LogP contribution in [0.4, 0.5) is 0 Å². The van der Waals surface area contributed by atoms with E-state index in [4.69, 9.17) is 11.5 Å². The van der Waals surface area contributed by atoms with Crippen LogP contribution in [-0.4, -0.2) is 81.6 Å². The lowest BCUT2D eigenvalue weighted by molar-refractivity contribution is -0.168. The molecule has 0 spiro atoms. The molecular weight excluding hydrogens is 472 g/mol. The molecule has 0 fully saturated rings. The Morgan fingerprint density at radius 3 is 2.03 bits per heavy atom. The number of nitrogens with one attached hydrogen (secondary N) is 2. The van der Waals surface area contributed by atoms with Crippen molar-refractivity contribution in [2.24, 2.45) is 17.4 Å². The van der Waals surface area contributed by atoms with Crippen LogP contribution in [0.1, 0.15) is 84.0 Å². The fraction of sp³-hybridized carbons (Fsp3) is 0.826. The second-order valence-electron chi connectivity index (χ2n) is 8.88. The third-order valence-corrected chi connectivity index (χ3v) is 5.86. The Bertz CT molecular complexity index is 652. The van der Waals surface area contributed by atoms with Crippen LogP contribution in [0.5, 0.6) is 0 Å². The van der Waals surface area contributed by atoms with Crippen molar-refractivity contribution < 1.29 is 34.8 Å². The maximum Gasteiger partial charge on any atom is 0.246 e. The van der Waals surface area contributed by atoms with Gasteiger partial charge in [0.05, 0.1) is 5.92 Å². The van der Waals surface area contributed by atoms with Crippen LogP contribution >= 0.6 is 0 Å². The van der Waals surface area contributed by atoms with Crippen molar-refractivity contribution in [2.75, 3.05) is 26.2 Å². The summed E-state index contributed by atoms with van der Waals surface area (Å²) in [6.07, 6.45) is 5.60. The van der Waals surface area contributed by atoms with Gasteiger partial charge in [0.15, 0.2) is 0 Å². The van der Waals surface area contributed by atoms with Crippen molar-refractivity contribution in [3.8, 4) is 0 Å². The van der Waals surface area contributed by atoms with E-state index in [0.29, 0.717) is 55.3 Å². The summed E-state index contributed by atoms with van der Waals surface area (Å²) in [5, 5.41) is 32.9. The third-order valence-electron chi connectivity index (χ3n) is 5.86. The van der Waals surface area contributed by atoms with Crippen molar-refractivity contribution in [1.82, 2.24) is 20.9 Å². The highest BCUT2D eigenvalue weighted by atomic mass is 16.5. The third kappa shape index (κ3) is 15.6. The molecule has 0 aromatic heterocycles. The van der Waals surface area contributed by atoms with Crippen molar-refractivity contribution >= 4 is 23.6 Å². The summed E-state index contributed by atoms with van der Waals surface area (Å²) < 4.78 is 0. The van der Waals surface area contributed by atoms with E-state index in [1.54, 1.807) is 0 Å². The van der Waals surface area contributed by atoms with E-state index in [-0.39, 0.29) is 38.3 Å². The molecule has 0 aromatic carbocycles. The van der Waals surface area contributed by atoms with Gasteiger partial charge in [0.25, 0.3) is 0 Å². The van der Waals surface area contributed by atoms with Crippen molar-refractivity contribution in [2.45, 2.75) is 90.0 Å². The van der Waals surface area contributed by atoms with Crippen molar-refractivity contribution in [1.29, 1.82) is 0 Å². The zero-order chi connectivity index (χ0) is 27.3. The van der Waals surface area contributed by atoms with Crippen LogP contribution in [-0.2, 0) is 19.2 Å². The Morgan fingerprint density at radius 2 is 1.47 bits per heavy atom. The van der Waals surface area contributed by atoms with Gasteiger partial charge in [-0.1, -0.05) is 26.2 Å². The van der Waals surface area contributed by atoms with Gasteiger partial charge >= 0.3 is 0 Å². The molecule has 13 nitrogen and oxygen atoms in total. The molecule has 0 bridgehead atoms. The van der Waals surface area contributed by atoms with E-state index >= 15 is 0 Å². The number of unbranched alkanes of at least 4 members (excludes halogenated alkanes) is 5. The first kappa shape index (κ1) is 33.7. The average molecular weight is 519 g/mol. The Labute approximate surface area is 213 Å². The van der Waals surface area contributed by atoms with Crippen LogP contribution in [0.3, 0.4) is 0 Å². The summed E-state index contributed by atoms with van der Waals surface area (Å²) in [5.74, 6) is -3.14. The van der Waals surface area contributed by atoms with Gasteiger partial charge in [-0.25, -0.2) is 15.6 Å². The second kappa shape index (κ2) is 20.8. The molecule has 0 aliphatic heterocycles. The molecule has 0 aliphatic rings. The molecule has 0 aromatic rings. The topological polar surface area (TPSA) is 212 Å². The SMILES string of the molecule is CCCCC(NO)C(CC(=O)N(O)CCCCCNC(=O)CCC(=O)N(O)CCCCCN)C(N)=O. The number of hydrogen-bond acceptors (Lipinski definition) is 9. The fourth-order valence-corrected chi connectivity index (χ4v) is 3.58. The Kier molecular flexibility index (Phi) is 19.5. The zero-order valence-electron chi connectivity index (χ0n) is 21.5. The van der Waals surface area contributed by atoms with Crippen molar-refractivity contribution in [3.05, 3.63) is 0 Å². The summed E-state index contributed by atoms with van der Waals surface area (Å²) in [7, 11) is 0. The molecule has 13 heteroatoms. The lowest BCUT2D eigenvalue weighted by Gasteiger charge is -2.24. The molecule has 0 heterocycles. The number of nitrogens with two attached hydrogens (primary N) is 2. The molecular formula is C23H46N6O7. The van der Waals surface area contributed by atoms with E-state index < -0.39 is 29.7 Å². The van der Waals surface area contributed by atoms with Crippen LogP contribution in [0, 0.1) is 5.92 Å². The largest absolute Gasteiger partial charge is 0.369 e. The number of hydrogen-bond donors (Lipinski definition) is 7. The van der Waals surface area contributed by atoms with Gasteiger partial charge in [0.1, 0.15) is 0 Å². The van der Waals surface area contributed by atoms with Crippen LogP contribution in [0.2, 0.25) is 0 Å². The molecule has 210 valence electrons. The first-order valence-electron chi connectivity index (χ1n) is 12.8. The normalized spacial score (nSPS) is 12.6. The molecule has 9 N–H and O–H groups in total. The zero-order valence-corrected chi connectivity index (χ0v) is 21.5. The number of hydroxylamine groups is 5. The molecule has 4 amide bonds. The molecule has 2 unspecified atom stereocenters. The maximum atomic E-state index is 12.3. The first-order valence-corrected chi connectivity index (χ1v) is 12.8. The van der Waals surface area contributed by atoms with Gasteiger partial charge in [0.2, 0.25) is 23.6 Å². The van der Waals surface area contributed by atoms with E-state index in [1.807, 2.05) is 12.4 Å². The minimum absolute atomic E-state index is 0.0272. The average Bonchev–Trinajstić information content (AvgIpc) is 2.86. The molecule has 0 radical (unpaired) electrons. The summed E-state index contributed by atoms with van der Waals surface area (Å²) in [5.41, 5.74) is 12.8. The summed E-state index contributed by atoms with van der Waals surface area (Å²) in [4.78, 5) is 47.7. The van der Waals surface area contributed by atoms with Gasteiger partial charge in [-0.15, -0.1) is 0 Å². The number of nitrogens with zero attached hydrogens (tertiary/aromatic N) is 2. The maximum absolute atomic E-state index is 12.3. The van der Waals surface area contributed by atoms with Gasteiger partial charge in [-0.2, -0.15) is 0 Å². The summed E-state index contributed by atoms with van der Waals surface area (Å²) in [6, 6.07) is -0.666. The van der Waals surface area contributed by atoms with Gasteiger partial charge in [-0.05, 0) is 45.1 Å². The number of carbonyl (C=O) groups is 4. The Balaban J connectivity index is 4.09. The summed E-state index contributed by atoms with van der Waals surface area (Å²) in [6.45, 7) is 3.16. The Morgan fingerprint density at radius 1 is 0.861 bits per heavy atom. The van der Waals surface area contributed by atoms with E-state index in [9.17, 15) is 34.8 Å². The lowest BCUT2D eigenvalue weighted by Crippen LogP contribution is -2.44. The highest BCUT2D eigenvalue weighted by Crippen LogP contribution is 2.16. The number of primary amides is 1. The van der Waals surface area contributed by atoms with E-state index in [1.165, 1.54) is 0 Å². The predicted molar refractivity (Wildman–Crippen MR) is 132 cm³/mol. The van der Waals surface area contributed by atoms with Gasteiger partial charge in [0, 0.05) is 44.9 Å². The van der Waals surface area contributed by atoms with Gasteiger partial charge < -0.3 is 22.0 Å². The van der Waals surface area contributed by atoms with E-state index in [0.717, 1.165) is 25.7 Å². The van der Waals surface area contributed by atoms with Crippen molar-refractivity contribution in [3.63, 3.8) is 0 Å². The standard InChI is InChI=1S/C23H46N6O7/c1-2-3-10-19(27-34)18(23(25)33)17-22(32)29(36)16-9-5-7-14-26-20(30)11-12-21(31)28(35)15-8-4-6-13-24/h18-19,27,34-36H,2-17,24H2,1H3,(H2,25,33)(H,26,30). The number of amides is 4. The van der Waals surface area contributed by atoms with E-state index in [2.05, 4.69) is 5.32 Å². The van der Waals surface area contributed by atoms with Crippen LogP contribution in [0.15, 0.2) is 0 Å². The predicted octanol–water partition coefficient (Wildman–Crippen LogP) is 0.647. The van der Waals surface area contributed by atoms with Crippen LogP contribution < -0.4 is 22.3 Å². The number of rotatable bonds is 22. The molecule has 0 saturated carbocycles. The quantitative estimate of drug-likeness (QED) is 0.0608. The summed E-state index contributed by atoms with van der Waals surface area (Å²) >= 11 is 0. The highest BCUT2D eigenvalue weighted by Gasteiger charge is 2.29. The highest BCUT2D eigenvalue weighted by molar-refractivity contribution is 5.85. The molecule has 0 rings (SSSR count). The smallest absolute Gasteiger partial charge is 0.246 e. The monoisotopic (exact) mass is 518 g/mol. The van der Waals surface area contributed by atoms with Gasteiger partial charge in [-0.3, -0.25) is 29.6 Å². The minimum atomic E-state index is -0.945. The minimum Gasteiger partial charge on any atom is -0.369 e. The fourth-order valence-electron chi connectivity index (χ4n) is 3.58. The molecule has 0 saturated heterocycles.